The van der Waals surface area contributed by atoms with E-state index in [0.717, 1.165) is 24.3 Å². The molecular formula is C17H25N5O2. The molecule has 0 radical (unpaired) electrons. The van der Waals surface area contributed by atoms with Crippen molar-refractivity contribution in [1.29, 1.82) is 0 Å². The van der Waals surface area contributed by atoms with Gasteiger partial charge in [-0.1, -0.05) is 5.21 Å². The number of carbonyl (C=O) groups excluding carboxylic acids is 2. The van der Waals surface area contributed by atoms with Crippen molar-refractivity contribution in [3.63, 3.8) is 0 Å². The summed E-state index contributed by atoms with van der Waals surface area (Å²) in [5.41, 5.74) is 5.73. The summed E-state index contributed by atoms with van der Waals surface area (Å²) in [5, 5.41) is 7.70. The van der Waals surface area contributed by atoms with Crippen LogP contribution < -0.4 is 5.73 Å². The van der Waals surface area contributed by atoms with E-state index in [1.54, 1.807) is 4.90 Å². The van der Waals surface area contributed by atoms with Crippen LogP contribution in [0.15, 0.2) is 6.20 Å². The number of aromatic nitrogens is 3. The number of hydrogen-bond donors (Lipinski definition) is 1. The van der Waals surface area contributed by atoms with E-state index >= 15 is 0 Å². The fraction of sp³-hybridized carbons (Fsp3) is 0.765. The molecule has 0 unspecified atom stereocenters. The third-order valence-corrected chi connectivity index (χ3v) is 6.16. The molecule has 0 atom stereocenters. The van der Waals surface area contributed by atoms with Crippen LogP contribution in [-0.4, -0.2) is 45.3 Å². The zero-order chi connectivity index (χ0) is 16.9. The lowest BCUT2D eigenvalue weighted by Crippen LogP contribution is -2.51. The maximum Gasteiger partial charge on any atom is 0.275 e. The molecule has 5 rings (SSSR count). The Balaban J connectivity index is 1.44. The Morgan fingerprint density at radius 2 is 1.83 bits per heavy atom. The highest BCUT2D eigenvalue weighted by molar-refractivity contribution is 5.91. The van der Waals surface area contributed by atoms with Gasteiger partial charge in [0, 0.05) is 13.6 Å². The van der Waals surface area contributed by atoms with Crippen molar-refractivity contribution in [3.05, 3.63) is 11.9 Å². The summed E-state index contributed by atoms with van der Waals surface area (Å²) in [6.07, 6.45) is 9.51. The Bertz CT molecular complexity index is 632. The van der Waals surface area contributed by atoms with Crippen LogP contribution in [-0.2, 0) is 11.3 Å². The number of rotatable bonds is 5. The average molecular weight is 331 g/mol. The number of primary amides is 1. The van der Waals surface area contributed by atoms with Gasteiger partial charge in [-0.3, -0.25) is 9.59 Å². The van der Waals surface area contributed by atoms with Crippen LogP contribution in [0.1, 0.15) is 49.0 Å². The minimum Gasteiger partial charge on any atom is -0.368 e. The fourth-order valence-electron chi connectivity index (χ4n) is 5.89. The van der Waals surface area contributed by atoms with E-state index in [2.05, 4.69) is 10.3 Å². The van der Waals surface area contributed by atoms with E-state index < -0.39 is 5.91 Å². The highest BCUT2D eigenvalue weighted by atomic mass is 16.2. The third-order valence-electron chi connectivity index (χ3n) is 6.16. The van der Waals surface area contributed by atoms with Crippen molar-refractivity contribution in [1.82, 2.24) is 19.9 Å². The first kappa shape index (κ1) is 15.6. The zero-order valence-electron chi connectivity index (χ0n) is 14.1. The van der Waals surface area contributed by atoms with Gasteiger partial charge in [-0.15, -0.1) is 5.10 Å². The molecular weight excluding hydrogens is 306 g/mol. The lowest BCUT2D eigenvalue weighted by atomic mass is 9.49. The molecule has 4 fully saturated rings. The molecule has 2 amide bonds. The number of hydrogen-bond acceptors (Lipinski definition) is 4. The molecule has 0 aromatic carbocycles. The number of amides is 2. The van der Waals surface area contributed by atoms with Crippen molar-refractivity contribution < 1.29 is 9.59 Å². The van der Waals surface area contributed by atoms with E-state index in [4.69, 9.17) is 5.73 Å². The van der Waals surface area contributed by atoms with Gasteiger partial charge in [0.2, 0.25) is 5.91 Å². The first-order valence-corrected chi connectivity index (χ1v) is 8.86. The Morgan fingerprint density at radius 1 is 1.25 bits per heavy atom. The fourth-order valence-corrected chi connectivity index (χ4v) is 5.89. The molecule has 130 valence electrons. The Hall–Kier alpha value is -1.92. The monoisotopic (exact) mass is 331 g/mol. The maximum atomic E-state index is 12.7. The van der Waals surface area contributed by atoms with Gasteiger partial charge in [-0.2, -0.15) is 0 Å². The van der Waals surface area contributed by atoms with E-state index in [-0.39, 0.29) is 18.1 Å². The number of nitrogens with zero attached hydrogens (tertiary/aromatic N) is 4. The van der Waals surface area contributed by atoms with E-state index in [1.165, 1.54) is 49.4 Å². The molecule has 4 saturated carbocycles. The van der Waals surface area contributed by atoms with Crippen LogP contribution in [0, 0.1) is 23.2 Å². The lowest BCUT2D eigenvalue weighted by molar-refractivity contribution is -0.118. The first-order valence-electron chi connectivity index (χ1n) is 8.86. The Labute approximate surface area is 141 Å². The summed E-state index contributed by atoms with van der Waals surface area (Å²) in [5.74, 6) is 1.99. The van der Waals surface area contributed by atoms with Gasteiger partial charge in [0.15, 0.2) is 5.69 Å². The van der Waals surface area contributed by atoms with Gasteiger partial charge < -0.3 is 10.6 Å². The van der Waals surface area contributed by atoms with Gasteiger partial charge >= 0.3 is 0 Å². The molecule has 1 aromatic heterocycles. The maximum absolute atomic E-state index is 12.7. The van der Waals surface area contributed by atoms with Crippen LogP contribution in [0.25, 0.3) is 0 Å². The van der Waals surface area contributed by atoms with Crippen LogP contribution >= 0.6 is 0 Å². The second kappa shape index (κ2) is 5.57. The zero-order valence-corrected chi connectivity index (χ0v) is 14.1. The van der Waals surface area contributed by atoms with Crippen molar-refractivity contribution in [3.8, 4) is 0 Å². The first-order chi connectivity index (χ1) is 11.4. The van der Waals surface area contributed by atoms with Crippen LogP contribution in [0.2, 0.25) is 0 Å². The quantitative estimate of drug-likeness (QED) is 0.872. The predicted molar refractivity (Wildman–Crippen MR) is 86.8 cm³/mol. The molecule has 0 aliphatic heterocycles. The molecule has 24 heavy (non-hydrogen) atoms. The number of carbonyl (C=O) groups is 2. The molecule has 4 bridgehead atoms. The Kier molecular flexibility index (Phi) is 3.62. The molecule has 0 spiro atoms. The van der Waals surface area contributed by atoms with Crippen molar-refractivity contribution >= 4 is 11.8 Å². The van der Waals surface area contributed by atoms with Crippen LogP contribution in [0.4, 0.5) is 0 Å². The summed E-state index contributed by atoms with van der Waals surface area (Å²) >= 11 is 0. The molecule has 0 saturated heterocycles. The number of nitrogens with two attached hydrogens (primary N) is 1. The summed E-state index contributed by atoms with van der Waals surface area (Å²) in [6.45, 7) is 0.747. The summed E-state index contributed by atoms with van der Waals surface area (Å²) in [6, 6.07) is 0. The second-order valence-electron chi connectivity index (χ2n) is 8.35. The molecule has 1 heterocycles. The van der Waals surface area contributed by atoms with Gasteiger partial charge in [-0.05, 0) is 61.7 Å². The normalized spacial score (nSPS) is 33.6. The third kappa shape index (κ3) is 2.80. The molecule has 7 heteroatoms. The highest BCUT2D eigenvalue weighted by Gasteiger charge is 2.51. The van der Waals surface area contributed by atoms with Crippen molar-refractivity contribution in [2.45, 2.75) is 45.1 Å². The smallest absolute Gasteiger partial charge is 0.275 e. The average Bonchev–Trinajstić information content (AvgIpc) is 2.92. The van der Waals surface area contributed by atoms with Gasteiger partial charge in [0.1, 0.15) is 6.54 Å². The lowest BCUT2D eigenvalue weighted by Gasteiger charge is -2.57. The molecule has 2 N–H and O–H groups in total. The minimum absolute atomic E-state index is 0.0566. The van der Waals surface area contributed by atoms with E-state index in [9.17, 15) is 9.59 Å². The molecule has 4 aliphatic carbocycles. The highest BCUT2D eigenvalue weighted by Crippen LogP contribution is 2.60. The largest absolute Gasteiger partial charge is 0.368 e. The standard InChI is InChI=1S/C17H25N5O2/c1-21(16(24)14-8-22(20-19-14)9-15(18)23)10-17-5-11-2-12(6-17)4-13(3-11)7-17/h8,11-13H,2-7,9-10H2,1H3,(H2,18,23). The van der Waals surface area contributed by atoms with Crippen molar-refractivity contribution in [2.75, 3.05) is 13.6 Å². The van der Waals surface area contributed by atoms with E-state index in [1.807, 2.05) is 7.05 Å². The Morgan fingerprint density at radius 3 is 2.38 bits per heavy atom. The van der Waals surface area contributed by atoms with E-state index in [0.29, 0.717) is 5.41 Å². The van der Waals surface area contributed by atoms with Gasteiger partial charge in [0.25, 0.3) is 5.91 Å². The minimum atomic E-state index is -0.499. The SMILES string of the molecule is CN(CC12CC3CC(CC(C3)C1)C2)C(=O)c1cn(CC(N)=O)nn1. The summed E-state index contributed by atoms with van der Waals surface area (Å²) < 4.78 is 1.31. The molecule has 7 nitrogen and oxygen atoms in total. The summed E-state index contributed by atoms with van der Waals surface area (Å²) in [4.78, 5) is 25.4. The van der Waals surface area contributed by atoms with Crippen LogP contribution in [0.3, 0.4) is 0 Å². The van der Waals surface area contributed by atoms with Crippen LogP contribution in [0.5, 0.6) is 0 Å². The predicted octanol–water partition coefficient (Wildman–Crippen LogP) is 1.05. The molecule has 4 aliphatic rings. The van der Waals surface area contributed by atoms with Gasteiger partial charge in [0.05, 0.1) is 6.20 Å². The molecule has 1 aromatic rings. The van der Waals surface area contributed by atoms with Gasteiger partial charge in [-0.25, -0.2) is 4.68 Å². The van der Waals surface area contributed by atoms with Crippen molar-refractivity contribution in [2.24, 2.45) is 28.9 Å². The topological polar surface area (TPSA) is 94.1 Å². The summed E-state index contributed by atoms with van der Waals surface area (Å²) in [7, 11) is 1.86. The second-order valence-corrected chi connectivity index (χ2v) is 8.35.